The summed E-state index contributed by atoms with van der Waals surface area (Å²) in [6, 6.07) is -1.00. The van der Waals surface area contributed by atoms with E-state index in [1.54, 1.807) is 0 Å². The van der Waals surface area contributed by atoms with E-state index in [4.69, 9.17) is 4.74 Å². The molecule has 2 rings (SSSR count). The van der Waals surface area contributed by atoms with Crippen LogP contribution in [0.4, 0.5) is 13.2 Å². The van der Waals surface area contributed by atoms with Crippen LogP contribution in [0.15, 0.2) is 0 Å². The molecule has 0 aromatic heterocycles. The number of hydrogen-bond donors (Lipinski definition) is 2. The van der Waals surface area contributed by atoms with Crippen molar-refractivity contribution in [1.82, 2.24) is 10.2 Å². The summed E-state index contributed by atoms with van der Waals surface area (Å²) >= 11 is 0. The lowest BCUT2D eigenvalue weighted by Crippen LogP contribution is -2.58. The second-order valence-corrected chi connectivity index (χ2v) is 5.22. The highest BCUT2D eigenvalue weighted by Gasteiger charge is 2.43. The van der Waals surface area contributed by atoms with Crippen molar-refractivity contribution in [3.05, 3.63) is 0 Å². The van der Waals surface area contributed by atoms with Crippen LogP contribution in [0.2, 0.25) is 0 Å². The molecule has 116 valence electrons. The smallest absolute Gasteiger partial charge is 0.393 e. The minimum Gasteiger partial charge on any atom is -0.394 e. The van der Waals surface area contributed by atoms with Gasteiger partial charge in [-0.2, -0.15) is 13.2 Å². The molecule has 0 aromatic rings. The number of hydrogen-bond acceptors (Lipinski definition) is 4. The minimum absolute atomic E-state index is 0.0406. The van der Waals surface area contributed by atoms with Gasteiger partial charge in [0.05, 0.1) is 37.8 Å². The van der Waals surface area contributed by atoms with Crippen LogP contribution in [0.25, 0.3) is 0 Å². The first-order valence-electron chi connectivity index (χ1n) is 6.72. The Balaban J connectivity index is 1.91. The van der Waals surface area contributed by atoms with Gasteiger partial charge in [-0.1, -0.05) is 0 Å². The molecular formula is C12H19F3N2O3. The quantitative estimate of drug-likeness (QED) is 0.761. The van der Waals surface area contributed by atoms with Crippen molar-refractivity contribution in [1.29, 1.82) is 0 Å². The van der Waals surface area contributed by atoms with E-state index in [9.17, 15) is 23.1 Å². The first-order chi connectivity index (χ1) is 9.43. The molecule has 8 heteroatoms. The van der Waals surface area contributed by atoms with E-state index in [1.165, 1.54) is 4.90 Å². The molecular weight excluding hydrogens is 277 g/mol. The zero-order valence-electron chi connectivity index (χ0n) is 11.0. The van der Waals surface area contributed by atoms with Crippen LogP contribution in [0.5, 0.6) is 0 Å². The summed E-state index contributed by atoms with van der Waals surface area (Å²) in [5, 5.41) is 11.9. The van der Waals surface area contributed by atoms with Crippen LogP contribution in [0.1, 0.15) is 12.8 Å². The van der Waals surface area contributed by atoms with E-state index in [0.29, 0.717) is 13.2 Å². The van der Waals surface area contributed by atoms with Crippen LogP contribution in [-0.4, -0.2) is 67.1 Å². The number of halogens is 3. The maximum absolute atomic E-state index is 12.6. The molecule has 0 saturated carbocycles. The Bertz CT molecular complexity index is 343. The summed E-state index contributed by atoms with van der Waals surface area (Å²) in [5.41, 5.74) is 0. The Morgan fingerprint density at radius 2 is 2.15 bits per heavy atom. The number of aliphatic hydroxyl groups excluding tert-OH is 1. The molecule has 2 saturated heterocycles. The van der Waals surface area contributed by atoms with Gasteiger partial charge in [0.1, 0.15) is 0 Å². The average Bonchev–Trinajstić information content (AvgIpc) is 2.45. The van der Waals surface area contributed by atoms with Gasteiger partial charge in [-0.05, 0) is 12.8 Å². The third kappa shape index (κ3) is 3.42. The third-order valence-electron chi connectivity index (χ3n) is 3.90. The topological polar surface area (TPSA) is 61.8 Å². The molecule has 3 unspecified atom stereocenters. The number of alkyl halides is 3. The molecule has 5 nitrogen and oxygen atoms in total. The van der Waals surface area contributed by atoms with Crippen LogP contribution < -0.4 is 5.32 Å². The number of morpholine rings is 1. The van der Waals surface area contributed by atoms with Crippen molar-refractivity contribution in [2.45, 2.75) is 31.1 Å². The number of carbonyl (C=O) groups is 1. The van der Waals surface area contributed by atoms with Crippen molar-refractivity contribution in [3.8, 4) is 0 Å². The van der Waals surface area contributed by atoms with Gasteiger partial charge in [0.15, 0.2) is 0 Å². The standard InChI is InChI=1S/C12H19F3N2O3/c13-12(14,15)8-1-2-10(16-5-8)11(19)17-3-4-20-7-9(17)6-18/h8-10,16,18H,1-7H2. The number of ether oxygens (including phenoxy) is 1. The van der Waals surface area contributed by atoms with Gasteiger partial charge in [-0.25, -0.2) is 0 Å². The zero-order chi connectivity index (χ0) is 14.8. The van der Waals surface area contributed by atoms with E-state index in [2.05, 4.69) is 5.32 Å². The van der Waals surface area contributed by atoms with E-state index in [0.717, 1.165) is 0 Å². The molecule has 3 atom stereocenters. The Labute approximate surface area is 115 Å². The predicted octanol–water partition coefficient (Wildman–Crippen LogP) is 0.137. The fourth-order valence-electron chi connectivity index (χ4n) is 2.64. The molecule has 0 aromatic carbocycles. The maximum atomic E-state index is 12.6. The molecule has 2 fully saturated rings. The molecule has 20 heavy (non-hydrogen) atoms. The lowest BCUT2D eigenvalue weighted by molar-refractivity contribution is -0.181. The van der Waals surface area contributed by atoms with Gasteiger partial charge in [-0.3, -0.25) is 4.79 Å². The summed E-state index contributed by atoms with van der Waals surface area (Å²) < 4.78 is 42.8. The first-order valence-corrected chi connectivity index (χ1v) is 6.72. The van der Waals surface area contributed by atoms with E-state index in [-0.39, 0.29) is 38.5 Å². The SMILES string of the molecule is O=C(C1CCC(C(F)(F)F)CN1)N1CCOCC1CO. The molecule has 0 radical (unpaired) electrons. The third-order valence-corrected chi connectivity index (χ3v) is 3.90. The van der Waals surface area contributed by atoms with Crippen molar-refractivity contribution in [2.75, 3.05) is 32.9 Å². The first kappa shape index (κ1) is 15.5. The molecule has 2 aliphatic heterocycles. The Kier molecular flexibility index (Phi) is 4.87. The Morgan fingerprint density at radius 1 is 1.40 bits per heavy atom. The van der Waals surface area contributed by atoms with Gasteiger partial charge in [0.25, 0.3) is 0 Å². The lowest BCUT2D eigenvalue weighted by atomic mass is 9.93. The van der Waals surface area contributed by atoms with E-state index < -0.39 is 24.2 Å². The Hall–Kier alpha value is -0.860. The number of rotatable bonds is 2. The number of piperidine rings is 1. The van der Waals surface area contributed by atoms with Crippen LogP contribution >= 0.6 is 0 Å². The molecule has 0 bridgehead atoms. The van der Waals surface area contributed by atoms with Gasteiger partial charge >= 0.3 is 6.18 Å². The monoisotopic (exact) mass is 296 g/mol. The molecule has 2 heterocycles. The van der Waals surface area contributed by atoms with E-state index >= 15 is 0 Å². The highest BCUT2D eigenvalue weighted by atomic mass is 19.4. The summed E-state index contributed by atoms with van der Waals surface area (Å²) in [5.74, 6) is -1.63. The van der Waals surface area contributed by atoms with Crippen molar-refractivity contribution in [3.63, 3.8) is 0 Å². The number of carbonyl (C=O) groups excluding carboxylic acids is 1. The number of amides is 1. The van der Waals surface area contributed by atoms with Crippen LogP contribution in [0, 0.1) is 5.92 Å². The maximum Gasteiger partial charge on any atom is 0.393 e. The summed E-state index contributed by atoms with van der Waals surface area (Å²) in [4.78, 5) is 13.8. The Morgan fingerprint density at radius 3 is 2.70 bits per heavy atom. The highest BCUT2D eigenvalue weighted by molar-refractivity contribution is 5.82. The van der Waals surface area contributed by atoms with Gasteiger partial charge in [0, 0.05) is 13.1 Å². The summed E-state index contributed by atoms with van der Waals surface area (Å²) in [6.45, 7) is 0.586. The predicted molar refractivity (Wildman–Crippen MR) is 64.0 cm³/mol. The van der Waals surface area contributed by atoms with Crippen LogP contribution in [-0.2, 0) is 9.53 Å². The fourth-order valence-corrected chi connectivity index (χ4v) is 2.64. The number of aliphatic hydroxyl groups is 1. The lowest BCUT2D eigenvalue weighted by Gasteiger charge is -2.39. The molecule has 0 spiro atoms. The number of nitrogens with zero attached hydrogens (tertiary/aromatic N) is 1. The fraction of sp³-hybridized carbons (Fsp3) is 0.917. The minimum atomic E-state index is -4.21. The zero-order valence-corrected chi connectivity index (χ0v) is 11.0. The largest absolute Gasteiger partial charge is 0.394 e. The summed E-state index contributed by atoms with van der Waals surface area (Å²) in [6.07, 6.45) is -4.09. The molecule has 0 aliphatic carbocycles. The van der Waals surface area contributed by atoms with Gasteiger partial charge in [-0.15, -0.1) is 0 Å². The molecule has 2 N–H and O–H groups in total. The van der Waals surface area contributed by atoms with Crippen molar-refractivity contribution < 1.29 is 27.8 Å². The number of nitrogens with one attached hydrogen (secondary N) is 1. The average molecular weight is 296 g/mol. The van der Waals surface area contributed by atoms with Crippen molar-refractivity contribution in [2.24, 2.45) is 5.92 Å². The normalized spacial score (nSPS) is 32.2. The van der Waals surface area contributed by atoms with Crippen LogP contribution in [0.3, 0.4) is 0 Å². The van der Waals surface area contributed by atoms with Gasteiger partial charge in [0.2, 0.25) is 5.91 Å². The molecule has 2 aliphatic rings. The highest BCUT2D eigenvalue weighted by Crippen LogP contribution is 2.32. The van der Waals surface area contributed by atoms with E-state index in [1.807, 2.05) is 0 Å². The summed E-state index contributed by atoms with van der Waals surface area (Å²) in [7, 11) is 0. The van der Waals surface area contributed by atoms with Crippen molar-refractivity contribution >= 4 is 5.91 Å². The molecule has 1 amide bonds. The second kappa shape index (κ2) is 6.28. The van der Waals surface area contributed by atoms with Gasteiger partial charge < -0.3 is 20.1 Å². The second-order valence-electron chi connectivity index (χ2n) is 5.22.